The maximum atomic E-state index is 13.5. The molecule has 0 radical (unpaired) electrons. The molecule has 2 unspecified atom stereocenters. The molecule has 2 atom stereocenters. The summed E-state index contributed by atoms with van der Waals surface area (Å²) in [6.07, 6.45) is 6.63. The first-order valence-corrected chi connectivity index (χ1v) is 12.9. The smallest absolute Gasteiger partial charge is 0.252 e. The summed E-state index contributed by atoms with van der Waals surface area (Å²) >= 11 is 3.58. The van der Waals surface area contributed by atoms with Gasteiger partial charge in [-0.25, -0.2) is 4.98 Å². The largest absolute Gasteiger partial charge is 0.360 e. The van der Waals surface area contributed by atoms with E-state index in [4.69, 9.17) is 10.7 Å². The minimum atomic E-state index is -0.0344. The van der Waals surface area contributed by atoms with Gasteiger partial charge in [-0.1, -0.05) is 22.4 Å². The van der Waals surface area contributed by atoms with Gasteiger partial charge in [-0.3, -0.25) is 4.79 Å². The molecule has 34 heavy (non-hydrogen) atoms. The topological polar surface area (TPSA) is 83.8 Å². The molecule has 1 fully saturated rings. The third kappa shape index (κ3) is 4.49. The molecule has 5 nitrogen and oxygen atoms in total. The third-order valence-corrected chi connectivity index (χ3v) is 7.86. The highest BCUT2D eigenvalue weighted by Gasteiger charge is 2.23. The number of carbonyl (C=O) groups excluding carboxylic acids is 1. The Kier molecular flexibility index (Phi) is 6.45. The number of halogens is 1. The Labute approximate surface area is 208 Å². The summed E-state index contributed by atoms with van der Waals surface area (Å²) < 4.78 is 1.01. The van der Waals surface area contributed by atoms with E-state index >= 15 is 0 Å². The number of nitrogens with two attached hydrogens (primary N) is 1. The van der Waals surface area contributed by atoms with Crippen LogP contribution in [0.2, 0.25) is 0 Å². The molecule has 6 heteroatoms. The van der Waals surface area contributed by atoms with Crippen LogP contribution in [-0.2, 0) is 0 Å². The molecule has 0 saturated heterocycles. The van der Waals surface area contributed by atoms with E-state index in [-0.39, 0.29) is 5.91 Å². The van der Waals surface area contributed by atoms with Crippen molar-refractivity contribution in [2.24, 2.45) is 17.6 Å². The fraction of sp³-hybridized carbons (Fsp3) is 0.357. The lowest BCUT2D eigenvalue weighted by Gasteiger charge is -2.28. The Balaban J connectivity index is 1.54. The number of nitrogens with zero attached hydrogens (tertiary/aromatic N) is 1. The molecule has 4 aromatic rings. The van der Waals surface area contributed by atoms with Crippen LogP contribution in [0, 0.1) is 25.7 Å². The third-order valence-electron chi connectivity index (χ3n) is 7.36. The van der Waals surface area contributed by atoms with Crippen LogP contribution in [0.5, 0.6) is 0 Å². The van der Waals surface area contributed by atoms with Gasteiger partial charge in [0.05, 0.1) is 16.8 Å². The van der Waals surface area contributed by atoms with Crippen molar-refractivity contribution in [1.82, 2.24) is 15.3 Å². The van der Waals surface area contributed by atoms with Crippen molar-refractivity contribution < 1.29 is 4.79 Å². The van der Waals surface area contributed by atoms with E-state index in [0.717, 1.165) is 62.5 Å². The van der Waals surface area contributed by atoms with Crippen LogP contribution in [0.25, 0.3) is 33.1 Å². The highest BCUT2D eigenvalue weighted by atomic mass is 79.9. The van der Waals surface area contributed by atoms with Gasteiger partial charge in [0.15, 0.2) is 0 Å². The number of aryl methyl sites for hydroxylation is 2. The van der Waals surface area contributed by atoms with Gasteiger partial charge >= 0.3 is 0 Å². The van der Waals surface area contributed by atoms with Crippen molar-refractivity contribution in [3.63, 3.8) is 0 Å². The van der Waals surface area contributed by atoms with E-state index in [0.29, 0.717) is 23.9 Å². The Morgan fingerprint density at radius 3 is 2.74 bits per heavy atom. The molecule has 1 amide bonds. The SMILES string of the molecule is Cc1cc2nc(-c3c[nH]c4ccc(Br)cc34)cc(C(=O)NCC3CCCC(CN)C3)c2cc1C. The Bertz CT molecular complexity index is 1380. The van der Waals surface area contributed by atoms with Crippen LogP contribution in [0.4, 0.5) is 0 Å². The Morgan fingerprint density at radius 2 is 1.91 bits per heavy atom. The van der Waals surface area contributed by atoms with E-state index in [1.54, 1.807) is 0 Å². The summed E-state index contributed by atoms with van der Waals surface area (Å²) in [6.45, 7) is 5.60. The zero-order valence-corrected chi connectivity index (χ0v) is 21.3. The molecule has 1 aliphatic rings. The Hall–Kier alpha value is -2.70. The molecule has 0 aliphatic heterocycles. The molecule has 0 bridgehead atoms. The van der Waals surface area contributed by atoms with E-state index in [1.807, 2.05) is 24.4 Å². The van der Waals surface area contributed by atoms with Crippen molar-refractivity contribution in [2.75, 3.05) is 13.1 Å². The zero-order valence-electron chi connectivity index (χ0n) is 19.7. The molecule has 0 spiro atoms. The number of pyridine rings is 1. The number of hydrogen-bond donors (Lipinski definition) is 3. The summed E-state index contributed by atoms with van der Waals surface area (Å²) in [7, 11) is 0. The number of aromatic nitrogens is 2. The van der Waals surface area contributed by atoms with Crippen molar-refractivity contribution in [3.05, 3.63) is 63.8 Å². The maximum Gasteiger partial charge on any atom is 0.252 e. The molecule has 2 heterocycles. The van der Waals surface area contributed by atoms with Gasteiger partial charge in [0.2, 0.25) is 0 Å². The number of nitrogens with one attached hydrogen (secondary N) is 2. The fourth-order valence-electron chi connectivity index (χ4n) is 5.25. The molecule has 2 aromatic heterocycles. The highest BCUT2D eigenvalue weighted by Crippen LogP contribution is 2.33. The molecular weight excluding hydrogens is 488 g/mol. The second-order valence-corrected chi connectivity index (χ2v) is 10.7. The zero-order chi connectivity index (χ0) is 23.8. The van der Waals surface area contributed by atoms with Crippen molar-refractivity contribution >= 4 is 43.6 Å². The number of benzene rings is 2. The number of rotatable bonds is 5. The summed E-state index contributed by atoms with van der Waals surface area (Å²) in [5, 5.41) is 5.21. The molecule has 1 saturated carbocycles. The van der Waals surface area contributed by atoms with Crippen LogP contribution < -0.4 is 11.1 Å². The van der Waals surface area contributed by atoms with Crippen LogP contribution >= 0.6 is 15.9 Å². The summed E-state index contributed by atoms with van der Waals surface area (Å²) in [5.41, 5.74) is 12.6. The standard InChI is InChI=1S/C28H31BrN4O/c1-16-8-21-23(28(34)32-14-19-5-3-4-18(10-19)13-30)12-27(33-26(21)9-17(16)2)24-15-31-25-7-6-20(29)11-22(24)25/h6-9,11-12,15,18-19,31H,3-5,10,13-14,30H2,1-2H3,(H,32,34). The minimum absolute atomic E-state index is 0.0344. The normalized spacial score (nSPS) is 18.5. The monoisotopic (exact) mass is 518 g/mol. The van der Waals surface area contributed by atoms with Crippen LogP contribution in [0.3, 0.4) is 0 Å². The highest BCUT2D eigenvalue weighted by molar-refractivity contribution is 9.10. The van der Waals surface area contributed by atoms with Gasteiger partial charge in [-0.2, -0.15) is 0 Å². The van der Waals surface area contributed by atoms with E-state index < -0.39 is 0 Å². The molecule has 176 valence electrons. The maximum absolute atomic E-state index is 13.5. The van der Waals surface area contributed by atoms with E-state index in [9.17, 15) is 4.79 Å². The lowest BCUT2D eigenvalue weighted by atomic mass is 9.81. The summed E-state index contributed by atoms with van der Waals surface area (Å²) in [5.74, 6) is 1.04. The number of H-pyrrole nitrogens is 1. The van der Waals surface area contributed by atoms with Crippen molar-refractivity contribution in [3.8, 4) is 11.3 Å². The number of carbonyl (C=O) groups is 1. The van der Waals surface area contributed by atoms with Gasteiger partial charge in [-0.15, -0.1) is 0 Å². The quantitative estimate of drug-likeness (QED) is 0.291. The second-order valence-electron chi connectivity index (χ2n) is 9.75. The Morgan fingerprint density at radius 1 is 1.12 bits per heavy atom. The first-order valence-electron chi connectivity index (χ1n) is 12.1. The average molecular weight is 519 g/mol. The fourth-order valence-corrected chi connectivity index (χ4v) is 5.61. The van der Waals surface area contributed by atoms with Gasteiger partial charge in [0, 0.05) is 39.1 Å². The van der Waals surface area contributed by atoms with E-state index in [2.05, 4.69) is 58.3 Å². The first kappa shape index (κ1) is 23.1. The molecule has 1 aliphatic carbocycles. The van der Waals surface area contributed by atoms with Crippen LogP contribution in [-0.4, -0.2) is 29.0 Å². The van der Waals surface area contributed by atoms with Gasteiger partial charge in [0.25, 0.3) is 5.91 Å². The minimum Gasteiger partial charge on any atom is -0.360 e. The lowest BCUT2D eigenvalue weighted by Crippen LogP contribution is -2.33. The van der Waals surface area contributed by atoms with E-state index in [1.165, 1.54) is 18.4 Å². The number of fused-ring (bicyclic) bond motifs is 2. The molecular formula is C28H31BrN4O. The lowest BCUT2D eigenvalue weighted by molar-refractivity contribution is 0.0942. The van der Waals surface area contributed by atoms with Gasteiger partial charge < -0.3 is 16.0 Å². The van der Waals surface area contributed by atoms with Crippen LogP contribution in [0.1, 0.15) is 47.2 Å². The molecule has 4 N–H and O–H groups in total. The second kappa shape index (κ2) is 9.51. The predicted octanol–water partition coefficient (Wildman–Crippen LogP) is 6.26. The van der Waals surface area contributed by atoms with Crippen molar-refractivity contribution in [1.29, 1.82) is 0 Å². The van der Waals surface area contributed by atoms with Gasteiger partial charge in [-0.05, 0) is 99.0 Å². The van der Waals surface area contributed by atoms with Crippen LogP contribution in [0.15, 0.2) is 47.1 Å². The van der Waals surface area contributed by atoms with Gasteiger partial charge in [0.1, 0.15) is 0 Å². The predicted molar refractivity (Wildman–Crippen MR) is 143 cm³/mol. The molecule has 2 aromatic carbocycles. The summed E-state index contributed by atoms with van der Waals surface area (Å²) in [6, 6.07) is 12.3. The number of aromatic amines is 1. The first-order chi connectivity index (χ1) is 16.4. The number of amides is 1. The number of hydrogen-bond acceptors (Lipinski definition) is 3. The summed E-state index contributed by atoms with van der Waals surface area (Å²) in [4.78, 5) is 21.8. The average Bonchev–Trinajstić information content (AvgIpc) is 3.26. The molecule has 5 rings (SSSR count). The van der Waals surface area contributed by atoms with Crippen molar-refractivity contribution in [2.45, 2.75) is 39.5 Å².